The molecule has 0 saturated heterocycles. The van der Waals surface area contributed by atoms with Gasteiger partial charge in [0.25, 0.3) is 0 Å². The predicted octanol–water partition coefficient (Wildman–Crippen LogP) is 2.81. The maximum absolute atomic E-state index is 13.3. The van der Waals surface area contributed by atoms with Crippen LogP contribution in [-0.2, 0) is 6.54 Å². The van der Waals surface area contributed by atoms with Crippen molar-refractivity contribution in [2.24, 2.45) is 0 Å². The fourth-order valence-electron chi connectivity index (χ4n) is 1.47. The number of aromatic nitrogens is 1. The summed E-state index contributed by atoms with van der Waals surface area (Å²) in [6.45, 7) is 0.455. The molecular formula is C12H11FN4S. The summed E-state index contributed by atoms with van der Waals surface area (Å²) in [4.78, 5) is 4.29. The van der Waals surface area contributed by atoms with Crippen LogP contribution in [0, 0.1) is 17.1 Å². The summed E-state index contributed by atoms with van der Waals surface area (Å²) in [6.07, 6.45) is 0. The van der Waals surface area contributed by atoms with Crippen LogP contribution in [0.4, 0.5) is 15.2 Å². The molecule has 0 fully saturated rings. The lowest BCUT2D eigenvalue weighted by Crippen LogP contribution is -2.03. The molecule has 0 bridgehead atoms. The van der Waals surface area contributed by atoms with E-state index in [0.29, 0.717) is 12.2 Å². The fourth-order valence-corrected chi connectivity index (χ4v) is 2.15. The van der Waals surface area contributed by atoms with Crippen LogP contribution in [0.15, 0.2) is 23.6 Å². The Balaban J connectivity index is 2.11. The summed E-state index contributed by atoms with van der Waals surface area (Å²) in [5, 5.41) is 17.6. The number of benzene rings is 1. The van der Waals surface area contributed by atoms with Crippen LogP contribution < -0.4 is 10.6 Å². The van der Waals surface area contributed by atoms with E-state index in [1.54, 1.807) is 19.2 Å². The minimum atomic E-state index is -0.517. The van der Waals surface area contributed by atoms with Crippen LogP contribution in [0.2, 0.25) is 0 Å². The number of rotatable bonds is 4. The first-order chi connectivity index (χ1) is 8.74. The number of anilines is 2. The van der Waals surface area contributed by atoms with Gasteiger partial charge in [-0.1, -0.05) is 6.07 Å². The van der Waals surface area contributed by atoms with Crippen LogP contribution in [0.1, 0.15) is 11.3 Å². The highest BCUT2D eigenvalue weighted by molar-refractivity contribution is 7.13. The van der Waals surface area contributed by atoms with Gasteiger partial charge in [0.2, 0.25) is 0 Å². The Labute approximate surface area is 108 Å². The highest BCUT2D eigenvalue weighted by Gasteiger charge is 2.07. The third-order valence-corrected chi connectivity index (χ3v) is 3.26. The van der Waals surface area contributed by atoms with Crippen LogP contribution in [0.3, 0.4) is 0 Å². The molecule has 18 heavy (non-hydrogen) atoms. The van der Waals surface area contributed by atoms with E-state index in [1.807, 2.05) is 11.4 Å². The van der Waals surface area contributed by atoms with Crippen molar-refractivity contribution in [1.82, 2.24) is 4.98 Å². The van der Waals surface area contributed by atoms with Gasteiger partial charge >= 0.3 is 0 Å². The molecule has 0 saturated carbocycles. The molecule has 4 nitrogen and oxygen atoms in total. The summed E-state index contributed by atoms with van der Waals surface area (Å²) in [5.41, 5.74) is 1.36. The van der Waals surface area contributed by atoms with Crippen molar-refractivity contribution in [3.8, 4) is 6.07 Å². The van der Waals surface area contributed by atoms with Gasteiger partial charge in [-0.2, -0.15) is 5.26 Å². The van der Waals surface area contributed by atoms with E-state index < -0.39 is 5.82 Å². The van der Waals surface area contributed by atoms with Gasteiger partial charge in [0.1, 0.15) is 17.4 Å². The second-order valence-electron chi connectivity index (χ2n) is 3.52. The minimum Gasteiger partial charge on any atom is -0.378 e. The van der Waals surface area contributed by atoms with E-state index in [1.165, 1.54) is 17.4 Å². The lowest BCUT2D eigenvalue weighted by Gasteiger charge is -2.06. The largest absolute Gasteiger partial charge is 0.378 e. The van der Waals surface area contributed by atoms with Crippen molar-refractivity contribution in [2.45, 2.75) is 6.54 Å². The van der Waals surface area contributed by atoms with E-state index in [9.17, 15) is 4.39 Å². The lowest BCUT2D eigenvalue weighted by molar-refractivity contribution is 0.624. The van der Waals surface area contributed by atoms with Crippen molar-refractivity contribution in [3.63, 3.8) is 0 Å². The summed E-state index contributed by atoms with van der Waals surface area (Å²) >= 11 is 1.50. The number of hydrogen-bond donors (Lipinski definition) is 2. The average molecular weight is 262 g/mol. The number of thiazole rings is 1. The minimum absolute atomic E-state index is 0.0292. The van der Waals surface area contributed by atoms with E-state index in [-0.39, 0.29) is 5.56 Å². The van der Waals surface area contributed by atoms with Gasteiger partial charge < -0.3 is 10.6 Å². The summed E-state index contributed by atoms with van der Waals surface area (Å²) in [5.74, 6) is -0.517. The number of halogens is 1. The van der Waals surface area contributed by atoms with Crippen LogP contribution >= 0.6 is 11.3 Å². The van der Waals surface area contributed by atoms with Crippen molar-refractivity contribution in [2.75, 3.05) is 17.7 Å². The number of nitrogens with one attached hydrogen (secondary N) is 2. The quantitative estimate of drug-likeness (QED) is 0.889. The molecule has 92 valence electrons. The van der Waals surface area contributed by atoms with Gasteiger partial charge in [0.15, 0.2) is 5.13 Å². The average Bonchev–Trinajstić information content (AvgIpc) is 2.84. The molecule has 0 spiro atoms. The molecule has 0 aliphatic rings. The first-order valence-corrected chi connectivity index (χ1v) is 6.17. The maximum Gasteiger partial charge on any atom is 0.182 e. The molecule has 0 unspecified atom stereocenters. The summed E-state index contributed by atoms with van der Waals surface area (Å²) in [6, 6.07) is 6.36. The molecule has 0 atom stereocenters. The Morgan fingerprint density at radius 3 is 3.00 bits per heavy atom. The van der Waals surface area contributed by atoms with E-state index >= 15 is 0 Å². The first-order valence-electron chi connectivity index (χ1n) is 5.29. The zero-order chi connectivity index (χ0) is 13.0. The normalized spacial score (nSPS) is 9.83. The van der Waals surface area contributed by atoms with Crippen LogP contribution in [0.25, 0.3) is 0 Å². The van der Waals surface area contributed by atoms with Crippen LogP contribution in [-0.4, -0.2) is 12.0 Å². The Hall–Kier alpha value is -2.13. The Kier molecular flexibility index (Phi) is 3.75. The zero-order valence-electron chi connectivity index (χ0n) is 9.70. The molecule has 0 aliphatic heterocycles. The smallest absolute Gasteiger partial charge is 0.182 e. The molecule has 6 heteroatoms. The monoisotopic (exact) mass is 262 g/mol. The van der Waals surface area contributed by atoms with Gasteiger partial charge in [0.05, 0.1) is 17.9 Å². The highest BCUT2D eigenvalue weighted by atomic mass is 32.1. The molecule has 0 amide bonds. The van der Waals surface area contributed by atoms with Gasteiger partial charge in [0, 0.05) is 12.4 Å². The zero-order valence-corrected chi connectivity index (χ0v) is 10.5. The molecule has 2 N–H and O–H groups in total. The van der Waals surface area contributed by atoms with E-state index in [4.69, 9.17) is 5.26 Å². The fraction of sp³-hybridized carbons (Fsp3) is 0.167. The Morgan fingerprint density at radius 1 is 1.50 bits per heavy atom. The van der Waals surface area contributed by atoms with E-state index in [0.717, 1.165) is 10.8 Å². The summed E-state index contributed by atoms with van der Waals surface area (Å²) < 4.78 is 13.3. The van der Waals surface area contributed by atoms with E-state index in [2.05, 4.69) is 15.6 Å². The van der Waals surface area contributed by atoms with Crippen molar-refractivity contribution < 1.29 is 4.39 Å². The first kappa shape index (κ1) is 12.3. The van der Waals surface area contributed by atoms with Gasteiger partial charge in [-0.25, -0.2) is 9.37 Å². The highest BCUT2D eigenvalue weighted by Crippen LogP contribution is 2.20. The predicted molar refractivity (Wildman–Crippen MR) is 70.1 cm³/mol. The Bertz CT molecular complexity index is 588. The van der Waals surface area contributed by atoms with Crippen molar-refractivity contribution >= 4 is 22.2 Å². The third-order valence-electron chi connectivity index (χ3n) is 2.35. The number of nitrogens with zero attached hydrogens (tertiary/aromatic N) is 2. The molecule has 1 aromatic heterocycles. The molecule has 2 rings (SSSR count). The molecule has 1 aromatic carbocycles. The number of nitriles is 1. The summed E-state index contributed by atoms with van der Waals surface area (Å²) in [7, 11) is 1.80. The van der Waals surface area contributed by atoms with Crippen molar-refractivity contribution in [3.05, 3.63) is 40.7 Å². The molecule has 0 radical (unpaired) electrons. The second kappa shape index (κ2) is 5.47. The second-order valence-corrected chi connectivity index (χ2v) is 4.38. The SMILES string of the molecule is CNc1nc(CNc2cccc(F)c2C#N)cs1. The topological polar surface area (TPSA) is 60.7 Å². The lowest BCUT2D eigenvalue weighted by atomic mass is 10.2. The molecule has 1 heterocycles. The van der Waals surface area contributed by atoms with Crippen LogP contribution in [0.5, 0.6) is 0 Å². The molecule has 2 aromatic rings. The maximum atomic E-state index is 13.3. The molecular weight excluding hydrogens is 251 g/mol. The molecule has 0 aliphatic carbocycles. The van der Waals surface area contributed by atoms with Gasteiger partial charge in [-0.05, 0) is 12.1 Å². The van der Waals surface area contributed by atoms with Gasteiger partial charge in [-0.3, -0.25) is 0 Å². The third kappa shape index (κ3) is 2.57. The van der Waals surface area contributed by atoms with Crippen molar-refractivity contribution in [1.29, 1.82) is 5.26 Å². The van der Waals surface area contributed by atoms with Gasteiger partial charge in [-0.15, -0.1) is 11.3 Å². The standard InChI is InChI=1S/C12H11FN4S/c1-15-12-17-8(7-18-12)6-16-11-4-2-3-10(13)9(11)5-14/h2-4,7,16H,6H2,1H3,(H,15,17). The number of hydrogen-bond acceptors (Lipinski definition) is 5. The Morgan fingerprint density at radius 2 is 2.33 bits per heavy atom.